The van der Waals surface area contributed by atoms with Crippen molar-refractivity contribution in [2.75, 3.05) is 46.9 Å². The second-order valence-electron chi connectivity index (χ2n) is 5.21. The van der Waals surface area contributed by atoms with E-state index in [9.17, 15) is 14.4 Å². The number of aldehydes is 1. The van der Waals surface area contributed by atoms with E-state index in [-0.39, 0.29) is 18.9 Å². The van der Waals surface area contributed by atoms with E-state index >= 15 is 0 Å². The average Bonchev–Trinajstić information content (AvgIpc) is 2.51. The number of hydrogen-bond acceptors (Lipinski definition) is 6. The molecule has 0 spiro atoms. The molecule has 128 valence electrons. The number of aliphatic hydroxyl groups excluding tert-OH is 1. The number of nitrogens with one attached hydrogen (secondary N) is 1. The third kappa shape index (κ3) is 8.71. The van der Waals surface area contributed by atoms with Gasteiger partial charge in [0, 0.05) is 32.7 Å². The Labute approximate surface area is 131 Å². The number of carbonyl (C=O) groups excluding carboxylic acids is 3. The number of rotatable bonds is 8. The molecule has 1 saturated heterocycles. The summed E-state index contributed by atoms with van der Waals surface area (Å²) in [6, 6.07) is 0.308. The van der Waals surface area contributed by atoms with E-state index in [2.05, 4.69) is 17.3 Å². The highest BCUT2D eigenvalue weighted by atomic mass is 16.2. The Morgan fingerprint density at radius 1 is 1.45 bits per heavy atom. The fraction of sp³-hybridized carbons (Fsp3) is 0.786. The number of piperidine rings is 1. The van der Waals surface area contributed by atoms with Crippen molar-refractivity contribution in [2.24, 2.45) is 5.73 Å². The molecule has 2 amide bonds. The van der Waals surface area contributed by atoms with Crippen molar-refractivity contribution in [1.29, 1.82) is 0 Å². The van der Waals surface area contributed by atoms with Crippen molar-refractivity contribution < 1.29 is 19.5 Å². The third-order valence-corrected chi connectivity index (χ3v) is 3.51. The first-order chi connectivity index (χ1) is 10.5. The van der Waals surface area contributed by atoms with Crippen LogP contribution >= 0.6 is 0 Å². The number of hydrogen-bond donors (Lipinski definition) is 3. The lowest BCUT2D eigenvalue weighted by atomic mass is 10.0. The maximum absolute atomic E-state index is 11.6. The van der Waals surface area contributed by atoms with E-state index in [4.69, 9.17) is 10.8 Å². The SMILES string of the molecule is CN1CCCC(N(CC=O)CCC(=O)NCC(N)=O)C1.CO. The highest BCUT2D eigenvalue weighted by Gasteiger charge is 2.23. The minimum Gasteiger partial charge on any atom is -0.400 e. The minimum atomic E-state index is -0.558. The Morgan fingerprint density at radius 2 is 2.14 bits per heavy atom. The molecule has 0 saturated carbocycles. The zero-order chi connectivity index (χ0) is 17.0. The highest BCUT2D eigenvalue weighted by molar-refractivity contribution is 5.83. The van der Waals surface area contributed by atoms with Gasteiger partial charge in [-0.2, -0.15) is 0 Å². The van der Waals surface area contributed by atoms with Gasteiger partial charge in [-0.15, -0.1) is 0 Å². The molecule has 1 unspecified atom stereocenters. The second-order valence-corrected chi connectivity index (χ2v) is 5.21. The summed E-state index contributed by atoms with van der Waals surface area (Å²) in [5, 5.41) is 9.45. The largest absolute Gasteiger partial charge is 0.400 e. The topological polar surface area (TPSA) is 116 Å². The van der Waals surface area contributed by atoms with Gasteiger partial charge in [0.1, 0.15) is 6.29 Å². The van der Waals surface area contributed by atoms with E-state index in [1.54, 1.807) is 0 Å². The molecule has 22 heavy (non-hydrogen) atoms. The molecule has 8 nitrogen and oxygen atoms in total. The lowest BCUT2D eigenvalue weighted by Gasteiger charge is -2.37. The lowest BCUT2D eigenvalue weighted by Crippen LogP contribution is -2.48. The summed E-state index contributed by atoms with van der Waals surface area (Å²) in [6.07, 6.45) is 3.28. The highest BCUT2D eigenvalue weighted by Crippen LogP contribution is 2.14. The van der Waals surface area contributed by atoms with Crippen LogP contribution in [0.5, 0.6) is 0 Å². The van der Waals surface area contributed by atoms with E-state index < -0.39 is 5.91 Å². The number of aliphatic hydroxyl groups is 1. The summed E-state index contributed by atoms with van der Waals surface area (Å²) in [5.41, 5.74) is 4.96. The molecule has 0 aliphatic carbocycles. The molecule has 1 fully saturated rings. The van der Waals surface area contributed by atoms with Crippen LogP contribution in [-0.4, -0.2) is 85.9 Å². The van der Waals surface area contributed by atoms with Gasteiger partial charge in [0.05, 0.1) is 13.1 Å². The molecule has 0 aromatic heterocycles. The molecule has 0 bridgehead atoms. The molecule has 1 rings (SSSR count). The van der Waals surface area contributed by atoms with Gasteiger partial charge < -0.3 is 25.9 Å². The first-order valence-corrected chi connectivity index (χ1v) is 7.39. The molecule has 0 aromatic rings. The van der Waals surface area contributed by atoms with Crippen LogP contribution < -0.4 is 11.1 Å². The molecule has 1 heterocycles. The number of likely N-dealkylation sites (N-methyl/N-ethyl adjacent to an activating group) is 1. The summed E-state index contributed by atoms with van der Waals surface area (Å²) in [7, 11) is 3.06. The number of primary amides is 1. The Bertz CT molecular complexity index is 352. The van der Waals surface area contributed by atoms with Crippen molar-refractivity contribution in [3.8, 4) is 0 Å². The van der Waals surface area contributed by atoms with Gasteiger partial charge >= 0.3 is 0 Å². The van der Waals surface area contributed by atoms with E-state index in [1.165, 1.54) is 0 Å². The summed E-state index contributed by atoms with van der Waals surface area (Å²) in [4.78, 5) is 37.2. The molecule has 0 aromatic carbocycles. The molecule has 0 radical (unpaired) electrons. The van der Waals surface area contributed by atoms with Crippen LogP contribution in [0.4, 0.5) is 0 Å². The third-order valence-electron chi connectivity index (χ3n) is 3.51. The molecular weight excluding hydrogens is 288 g/mol. The second kappa shape index (κ2) is 12.1. The fourth-order valence-corrected chi connectivity index (χ4v) is 2.48. The van der Waals surface area contributed by atoms with Crippen LogP contribution in [0.2, 0.25) is 0 Å². The van der Waals surface area contributed by atoms with Crippen molar-refractivity contribution in [2.45, 2.75) is 25.3 Å². The summed E-state index contributed by atoms with van der Waals surface area (Å²) >= 11 is 0. The van der Waals surface area contributed by atoms with Crippen molar-refractivity contribution in [3.05, 3.63) is 0 Å². The zero-order valence-corrected chi connectivity index (χ0v) is 13.5. The van der Waals surface area contributed by atoms with Crippen molar-refractivity contribution in [3.63, 3.8) is 0 Å². The van der Waals surface area contributed by atoms with Gasteiger partial charge in [-0.1, -0.05) is 0 Å². The van der Waals surface area contributed by atoms with Gasteiger partial charge in [-0.25, -0.2) is 0 Å². The van der Waals surface area contributed by atoms with Crippen LogP contribution in [-0.2, 0) is 14.4 Å². The molecule has 8 heteroatoms. The first-order valence-electron chi connectivity index (χ1n) is 7.39. The quantitative estimate of drug-likeness (QED) is 0.454. The van der Waals surface area contributed by atoms with Crippen LogP contribution in [0.25, 0.3) is 0 Å². The fourth-order valence-electron chi connectivity index (χ4n) is 2.48. The number of nitrogens with two attached hydrogens (primary N) is 1. The maximum Gasteiger partial charge on any atom is 0.236 e. The molecular formula is C14H28N4O4. The number of nitrogens with zero attached hydrogens (tertiary/aromatic N) is 2. The standard InChI is InChI=1S/C13H24N4O3.CH4O/c1-16-5-2-3-11(10-16)17(7-8-18)6-4-13(20)15-9-12(14)19;1-2/h8,11H,2-7,9-10H2,1H3,(H2,14,19)(H,15,20);2H,1H3. The van der Waals surface area contributed by atoms with E-state index in [1.807, 2.05) is 4.90 Å². The van der Waals surface area contributed by atoms with Gasteiger partial charge in [0.25, 0.3) is 0 Å². The summed E-state index contributed by atoms with van der Waals surface area (Å²) in [5.74, 6) is -0.777. The Hall–Kier alpha value is -1.51. The molecule has 4 N–H and O–H groups in total. The monoisotopic (exact) mass is 316 g/mol. The van der Waals surface area contributed by atoms with Crippen molar-refractivity contribution >= 4 is 18.1 Å². The average molecular weight is 316 g/mol. The molecule has 1 aliphatic heterocycles. The first kappa shape index (κ1) is 20.5. The maximum atomic E-state index is 11.6. The van der Waals surface area contributed by atoms with Gasteiger partial charge in [-0.3, -0.25) is 14.5 Å². The predicted octanol–water partition coefficient (Wildman–Crippen LogP) is -1.82. The number of likely N-dealkylation sites (tertiary alicyclic amines) is 1. The van der Waals surface area contributed by atoms with Gasteiger partial charge in [0.15, 0.2) is 0 Å². The lowest BCUT2D eigenvalue weighted by molar-refractivity contribution is -0.125. The van der Waals surface area contributed by atoms with Gasteiger partial charge in [-0.05, 0) is 26.4 Å². The normalized spacial score (nSPS) is 18.3. The number of carbonyl (C=O) groups is 3. The smallest absolute Gasteiger partial charge is 0.236 e. The molecule has 1 atom stereocenters. The van der Waals surface area contributed by atoms with Crippen LogP contribution in [0, 0.1) is 0 Å². The summed E-state index contributed by atoms with van der Waals surface area (Å²) < 4.78 is 0. The van der Waals surface area contributed by atoms with Crippen molar-refractivity contribution in [1.82, 2.24) is 15.1 Å². The predicted molar refractivity (Wildman–Crippen MR) is 83.1 cm³/mol. The Kier molecular flexibility index (Phi) is 11.2. The Morgan fingerprint density at radius 3 is 2.68 bits per heavy atom. The zero-order valence-electron chi connectivity index (χ0n) is 13.5. The van der Waals surface area contributed by atoms with Gasteiger partial charge in [0.2, 0.25) is 11.8 Å². The Balaban J connectivity index is 0.00000211. The molecule has 1 aliphatic rings. The van der Waals surface area contributed by atoms with Crippen LogP contribution in [0.1, 0.15) is 19.3 Å². The minimum absolute atomic E-state index is 0.140. The van der Waals surface area contributed by atoms with Crippen LogP contribution in [0.3, 0.4) is 0 Å². The summed E-state index contributed by atoms with van der Waals surface area (Å²) in [6.45, 7) is 2.70. The van der Waals surface area contributed by atoms with E-state index in [0.717, 1.165) is 39.3 Å². The number of amides is 2. The van der Waals surface area contributed by atoms with Crippen LogP contribution in [0.15, 0.2) is 0 Å². The van der Waals surface area contributed by atoms with E-state index in [0.29, 0.717) is 19.1 Å².